The van der Waals surface area contributed by atoms with Crippen LogP contribution in [0.5, 0.6) is 0 Å². The molecule has 1 heterocycles. The lowest BCUT2D eigenvalue weighted by Gasteiger charge is -2.34. The average molecular weight is 576 g/mol. The molecule has 1 aromatic heterocycles. The molecule has 212 valence electrons. The molecule has 0 saturated carbocycles. The van der Waals surface area contributed by atoms with E-state index in [-0.39, 0.29) is 0 Å². The molecular weight excluding hydrogens is 546 g/mol. The van der Waals surface area contributed by atoms with Crippen LogP contribution in [0.25, 0.3) is 33.1 Å². The first-order valence-electron chi connectivity index (χ1n) is 15.4. The van der Waals surface area contributed by atoms with Crippen LogP contribution in [0, 0.1) is 0 Å². The van der Waals surface area contributed by atoms with Crippen LogP contribution in [-0.2, 0) is 5.41 Å². The van der Waals surface area contributed by atoms with Crippen molar-refractivity contribution in [2.75, 3.05) is 4.90 Å². The SMILES string of the molecule is c1ccc(N(c2ccccc2)c2ccc(-c3cccc(C4(c5ccccc5)c5cccc6oc7cccc4c7c56)c3)cc2)cc1. The first-order valence-corrected chi connectivity index (χ1v) is 15.4. The molecule has 0 atom stereocenters. The summed E-state index contributed by atoms with van der Waals surface area (Å²) in [5, 5.41) is 2.45. The lowest BCUT2D eigenvalue weighted by molar-refractivity contribution is 0.663. The second-order valence-corrected chi connectivity index (χ2v) is 11.7. The van der Waals surface area contributed by atoms with Crippen molar-refractivity contribution in [3.8, 4) is 11.1 Å². The van der Waals surface area contributed by atoms with Gasteiger partial charge in [0.05, 0.1) is 5.41 Å². The third-order valence-electron chi connectivity index (χ3n) is 9.32. The molecule has 0 N–H and O–H groups in total. The molecule has 0 spiro atoms. The van der Waals surface area contributed by atoms with Crippen LogP contribution in [-0.4, -0.2) is 0 Å². The van der Waals surface area contributed by atoms with E-state index >= 15 is 0 Å². The summed E-state index contributed by atoms with van der Waals surface area (Å²) in [4.78, 5) is 2.30. The molecular formula is C43H29NO. The van der Waals surface area contributed by atoms with Crippen LogP contribution in [0.2, 0.25) is 0 Å². The highest BCUT2D eigenvalue weighted by molar-refractivity contribution is 6.14. The Hall–Kier alpha value is -5.86. The fraction of sp³-hybridized carbons (Fsp3) is 0.0233. The van der Waals surface area contributed by atoms with Gasteiger partial charge in [-0.05, 0) is 88.0 Å². The van der Waals surface area contributed by atoms with Crippen molar-refractivity contribution in [3.05, 3.63) is 198 Å². The molecule has 1 aliphatic carbocycles. The van der Waals surface area contributed by atoms with Gasteiger partial charge in [0.1, 0.15) is 11.2 Å². The Morgan fingerprint density at radius 2 is 0.867 bits per heavy atom. The fourth-order valence-corrected chi connectivity index (χ4v) is 7.45. The first-order chi connectivity index (χ1) is 22.3. The van der Waals surface area contributed by atoms with E-state index in [1.165, 1.54) is 44.2 Å². The van der Waals surface area contributed by atoms with Crippen LogP contribution in [0.1, 0.15) is 22.3 Å². The number of benzene rings is 7. The molecule has 0 radical (unpaired) electrons. The summed E-state index contributed by atoms with van der Waals surface area (Å²) in [6, 6.07) is 63.1. The van der Waals surface area contributed by atoms with Crippen molar-refractivity contribution in [2.24, 2.45) is 0 Å². The largest absolute Gasteiger partial charge is 0.456 e. The maximum atomic E-state index is 6.32. The summed E-state index contributed by atoms with van der Waals surface area (Å²) >= 11 is 0. The zero-order valence-electron chi connectivity index (χ0n) is 24.6. The van der Waals surface area contributed by atoms with Gasteiger partial charge < -0.3 is 9.32 Å². The van der Waals surface area contributed by atoms with Gasteiger partial charge in [0.25, 0.3) is 0 Å². The third-order valence-corrected chi connectivity index (χ3v) is 9.32. The molecule has 0 unspecified atom stereocenters. The zero-order valence-corrected chi connectivity index (χ0v) is 24.6. The molecule has 9 rings (SSSR count). The van der Waals surface area contributed by atoms with Crippen LogP contribution in [0.4, 0.5) is 17.1 Å². The van der Waals surface area contributed by atoms with Crippen LogP contribution in [0.3, 0.4) is 0 Å². The predicted molar refractivity (Wildman–Crippen MR) is 186 cm³/mol. The van der Waals surface area contributed by atoms with E-state index in [4.69, 9.17) is 4.42 Å². The Morgan fingerprint density at radius 3 is 1.44 bits per heavy atom. The number of furan rings is 1. The minimum atomic E-state index is -0.449. The van der Waals surface area contributed by atoms with Crippen molar-refractivity contribution >= 4 is 39.0 Å². The van der Waals surface area contributed by atoms with Gasteiger partial charge in [-0.2, -0.15) is 0 Å². The highest BCUT2D eigenvalue weighted by atomic mass is 16.3. The molecule has 0 amide bonds. The standard InChI is InChI=1S/C43H29NO/c1-4-14-32(15-5-1)43(37-21-11-23-39-41(37)42-38(43)22-12-24-40(42)45-39)33-16-10-13-31(29-33)30-25-27-36(28-26-30)44(34-17-6-2-7-18-34)35-19-8-3-9-20-35/h1-29H. The molecule has 0 fully saturated rings. The molecule has 8 aromatic rings. The number of anilines is 3. The molecule has 2 nitrogen and oxygen atoms in total. The highest BCUT2D eigenvalue weighted by Gasteiger charge is 2.46. The van der Waals surface area contributed by atoms with Gasteiger partial charge in [-0.3, -0.25) is 0 Å². The zero-order chi connectivity index (χ0) is 29.8. The van der Waals surface area contributed by atoms with Gasteiger partial charge in [0.15, 0.2) is 0 Å². The van der Waals surface area contributed by atoms with Crippen LogP contribution in [0.15, 0.2) is 180 Å². The summed E-state index contributed by atoms with van der Waals surface area (Å²) in [6.45, 7) is 0. The number of hydrogen-bond donors (Lipinski definition) is 0. The van der Waals surface area contributed by atoms with Gasteiger partial charge in [-0.15, -0.1) is 0 Å². The van der Waals surface area contributed by atoms with Crippen molar-refractivity contribution in [1.82, 2.24) is 0 Å². The van der Waals surface area contributed by atoms with Gasteiger partial charge in [-0.1, -0.05) is 121 Å². The van der Waals surface area contributed by atoms with Gasteiger partial charge in [-0.25, -0.2) is 0 Å². The molecule has 45 heavy (non-hydrogen) atoms. The van der Waals surface area contributed by atoms with E-state index < -0.39 is 5.41 Å². The van der Waals surface area contributed by atoms with E-state index in [1.807, 2.05) is 0 Å². The van der Waals surface area contributed by atoms with Gasteiger partial charge in [0, 0.05) is 27.8 Å². The smallest absolute Gasteiger partial charge is 0.135 e. The van der Waals surface area contributed by atoms with Crippen LogP contribution < -0.4 is 4.90 Å². The quantitative estimate of drug-likeness (QED) is 0.196. The molecule has 2 heteroatoms. The van der Waals surface area contributed by atoms with E-state index in [2.05, 4.69) is 181 Å². The van der Waals surface area contributed by atoms with E-state index in [0.29, 0.717) is 0 Å². The Bertz CT molecular complexity index is 2210. The fourth-order valence-electron chi connectivity index (χ4n) is 7.45. The topological polar surface area (TPSA) is 16.4 Å². The predicted octanol–water partition coefficient (Wildman–Crippen LogP) is 11.4. The monoisotopic (exact) mass is 575 g/mol. The number of para-hydroxylation sites is 2. The normalized spacial score (nSPS) is 13.1. The van der Waals surface area contributed by atoms with Crippen molar-refractivity contribution in [2.45, 2.75) is 5.41 Å². The third kappa shape index (κ3) is 3.82. The van der Waals surface area contributed by atoms with Crippen molar-refractivity contribution in [1.29, 1.82) is 0 Å². The maximum absolute atomic E-state index is 6.32. The van der Waals surface area contributed by atoms with E-state index in [0.717, 1.165) is 28.2 Å². The number of nitrogens with zero attached hydrogens (tertiary/aromatic N) is 1. The van der Waals surface area contributed by atoms with Gasteiger partial charge >= 0.3 is 0 Å². The Kier molecular flexibility index (Phi) is 5.76. The second-order valence-electron chi connectivity index (χ2n) is 11.7. The van der Waals surface area contributed by atoms with Crippen molar-refractivity contribution < 1.29 is 4.42 Å². The molecule has 0 bridgehead atoms. The van der Waals surface area contributed by atoms with E-state index in [1.54, 1.807) is 0 Å². The Balaban J connectivity index is 1.20. The molecule has 0 aliphatic heterocycles. The van der Waals surface area contributed by atoms with Gasteiger partial charge in [0.2, 0.25) is 0 Å². The average Bonchev–Trinajstić information content (AvgIpc) is 3.66. The minimum Gasteiger partial charge on any atom is -0.456 e. The summed E-state index contributed by atoms with van der Waals surface area (Å²) in [5.41, 5.74) is 12.3. The lowest BCUT2D eigenvalue weighted by Crippen LogP contribution is -2.28. The van der Waals surface area contributed by atoms with Crippen molar-refractivity contribution in [3.63, 3.8) is 0 Å². The second kappa shape index (κ2) is 10.1. The minimum absolute atomic E-state index is 0.449. The Morgan fingerprint density at radius 1 is 0.378 bits per heavy atom. The maximum Gasteiger partial charge on any atom is 0.135 e. The highest BCUT2D eigenvalue weighted by Crippen LogP contribution is 2.56. The number of hydrogen-bond acceptors (Lipinski definition) is 2. The lowest BCUT2D eigenvalue weighted by atomic mass is 9.67. The Labute approximate surface area is 262 Å². The first kappa shape index (κ1) is 25.6. The van der Waals surface area contributed by atoms with Crippen LogP contribution >= 0.6 is 0 Å². The summed E-state index contributed by atoms with van der Waals surface area (Å²) in [7, 11) is 0. The summed E-state index contributed by atoms with van der Waals surface area (Å²) in [5.74, 6) is 0. The summed E-state index contributed by atoms with van der Waals surface area (Å²) in [6.07, 6.45) is 0. The van der Waals surface area contributed by atoms with E-state index in [9.17, 15) is 0 Å². The summed E-state index contributed by atoms with van der Waals surface area (Å²) < 4.78 is 6.32. The molecule has 7 aromatic carbocycles. The number of rotatable bonds is 6. The molecule has 1 aliphatic rings. The molecule has 0 saturated heterocycles.